The summed E-state index contributed by atoms with van der Waals surface area (Å²) in [4.78, 5) is 15.7. The van der Waals surface area contributed by atoms with E-state index in [1.165, 1.54) is 0 Å². The molecule has 0 aromatic heterocycles. The molecule has 2 rings (SSSR count). The van der Waals surface area contributed by atoms with E-state index >= 15 is 0 Å². The van der Waals surface area contributed by atoms with E-state index in [9.17, 15) is 4.79 Å². The zero-order valence-corrected chi connectivity index (χ0v) is 8.89. The fourth-order valence-corrected chi connectivity index (χ4v) is 2.03. The molecule has 0 spiro atoms. The molecule has 2 fully saturated rings. The quantitative estimate of drug-likeness (QED) is 0.639. The smallest absolute Gasteiger partial charge is 0.236 e. The molecule has 86 valence electrons. The Balaban J connectivity index is 1.68. The van der Waals surface area contributed by atoms with E-state index < -0.39 is 0 Å². The number of carbonyl (C=O) groups excluding carboxylic acids is 1. The lowest BCUT2D eigenvalue weighted by atomic mass is 10.0. The number of rotatable bonds is 3. The van der Waals surface area contributed by atoms with Gasteiger partial charge in [0.25, 0.3) is 0 Å². The number of aliphatic hydroxyl groups excluding tert-OH is 1. The van der Waals surface area contributed by atoms with Gasteiger partial charge in [-0.3, -0.25) is 9.69 Å². The highest BCUT2D eigenvalue weighted by atomic mass is 16.5. The SMILES string of the molecule is O=C(CN1CC(CO)C1)N1CCOCC1. The fourth-order valence-electron chi connectivity index (χ4n) is 2.03. The minimum Gasteiger partial charge on any atom is -0.396 e. The van der Waals surface area contributed by atoms with Gasteiger partial charge in [0.05, 0.1) is 19.8 Å². The van der Waals surface area contributed by atoms with E-state index in [1.807, 2.05) is 4.90 Å². The van der Waals surface area contributed by atoms with Crippen molar-refractivity contribution >= 4 is 5.91 Å². The Labute approximate surface area is 89.6 Å². The van der Waals surface area contributed by atoms with Gasteiger partial charge in [-0.05, 0) is 0 Å². The topological polar surface area (TPSA) is 53.0 Å². The van der Waals surface area contributed by atoms with Gasteiger partial charge in [0.1, 0.15) is 0 Å². The lowest BCUT2D eigenvalue weighted by Gasteiger charge is -2.39. The van der Waals surface area contributed by atoms with Gasteiger partial charge in [-0.2, -0.15) is 0 Å². The van der Waals surface area contributed by atoms with Crippen LogP contribution in [0.1, 0.15) is 0 Å². The first-order chi connectivity index (χ1) is 7.29. The molecule has 0 saturated carbocycles. The Morgan fingerprint density at radius 2 is 2.00 bits per heavy atom. The van der Waals surface area contributed by atoms with Gasteiger partial charge in [0.15, 0.2) is 0 Å². The highest BCUT2D eigenvalue weighted by Crippen LogP contribution is 2.14. The standard InChI is InChI=1S/C10H18N2O3/c13-8-9-5-11(6-9)7-10(14)12-1-3-15-4-2-12/h9,13H,1-8H2. The highest BCUT2D eigenvalue weighted by molar-refractivity contribution is 5.78. The first kappa shape index (κ1) is 10.9. The van der Waals surface area contributed by atoms with Crippen molar-refractivity contribution in [3.05, 3.63) is 0 Å². The fraction of sp³-hybridized carbons (Fsp3) is 0.900. The minimum atomic E-state index is 0.190. The number of amides is 1. The number of morpholine rings is 1. The molecule has 1 amide bonds. The summed E-state index contributed by atoms with van der Waals surface area (Å²) in [6, 6.07) is 0. The Bertz CT molecular complexity index is 223. The molecule has 0 atom stereocenters. The van der Waals surface area contributed by atoms with Crippen LogP contribution in [0.15, 0.2) is 0 Å². The Hall–Kier alpha value is -0.650. The summed E-state index contributed by atoms with van der Waals surface area (Å²) < 4.78 is 5.19. The summed E-state index contributed by atoms with van der Waals surface area (Å²) in [5.74, 6) is 0.567. The third kappa shape index (κ3) is 2.68. The number of aliphatic hydroxyl groups is 1. The first-order valence-corrected chi connectivity index (χ1v) is 5.48. The van der Waals surface area contributed by atoms with E-state index in [1.54, 1.807) is 0 Å². The molecular formula is C10H18N2O3. The van der Waals surface area contributed by atoms with Crippen molar-refractivity contribution in [2.45, 2.75) is 0 Å². The second-order valence-electron chi connectivity index (χ2n) is 4.24. The molecule has 1 N–H and O–H groups in total. The van der Waals surface area contributed by atoms with Gasteiger partial charge in [-0.15, -0.1) is 0 Å². The van der Waals surface area contributed by atoms with E-state index in [0.717, 1.165) is 26.2 Å². The summed E-state index contributed by atoms with van der Waals surface area (Å²) in [6.45, 7) is 5.19. The molecule has 2 aliphatic heterocycles. The normalized spacial score (nSPS) is 23.9. The molecule has 5 heteroatoms. The summed E-state index contributed by atoms with van der Waals surface area (Å²) in [6.07, 6.45) is 0. The molecule has 2 aliphatic rings. The third-order valence-corrected chi connectivity index (χ3v) is 3.01. The van der Waals surface area contributed by atoms with Crippen LogP contribution in [0.25, 0.3) is 0 Å². The third-order valence-electron chi connectivity index (χ3n) is 3.01. The molecule has 15 heavy (non-hydrogen) atoms. The van der Waals surface area contributed by atoms with E-state index in [4.69, 9.17) is 9.84 Å². The van der Waals surface area contributed by atoms with Gasteiger partial charge < -0.3 is 14.7 Å². The Morgan fingerprint density at radius 3 is 2.60 bits per heavy atom. The average molecular weight is 214 g/mol. The molecule has 0 unspecified atom stereocenters. The van der Waals surface area contributed by atoms with Crippen molar-refractivity contribution in [2.24, 2.45) is 5.92 Å². The van der Waals surface area contributed by atoms with Crippen LogP contribution in [0, 0.1) is 5.92 Å². The Morgan fingerprint density at radius 1 is 1.33 bits per heavy atom. The predicted molar refractivity (Wildman–Crippen MR) is 54.4 cm³/mol. The highest BCUT2D eigenvalue weighted by Gasteiger charge is 2.29. The molecule has 0 bridgehead atoms. The molecule has 0 aromatic rings. The second kappa shape index (κ2) is 4.92. The van der Waals surface area contributed by atoms with Crippen LogP contribution in [0.2, 0.25) is 0 Å². The maximum atomic E-state index is 11.8. The van der Waals surface area contributed by atoms with Crippen LogP contribution >= 0.6 is 0 Å². The summed E-state index contributed by atoms with van der Waals surface area (Å²) in [5.41, 5.74) is 0. The second-order valence-corrected chi connectivity index (χ2v) is 4.24. The van der Waals surface area contributed by atoms with E-state index in [0.29, 0.717) is 25.7 Å². The van der Waals surface area contributed by atoms with Crippen LogP contribution in [-0.2, 0) is 9.53 Å². The van der Waals surface area contributed by atoms with Gasteiger partial charge >= 0.3 is 0 Å². The van der Waals surface area contributed by atoms with Crippen LogP contribution in [0.3, 0.4) is 0 Å². The first-order valence-electron chi connectivity index (χ1n) is 5.48. The minimum absolute atomic E-state index is 0.190. The number of nitrogens with zero attached hydrogens (tertiary/aromatic N) is 2. The predicted octanol–water partition coefficient (Wildman–Crippen LogP) is -1.23. The molecule has 0 aliphatic carbocycles. The van der Waals surface area contributed by atoms with E-state index in [2.05, 4.69) is 4.90 Å². The zero-order valence-electron chi connectivity index (χ0n) is 8.89. The molecule has 2 heterocycles. The molecule has 0 aromatic carbocycles. The number of hydrogen-bond donors (Lipinski definition) is 1. The maximum Gasteiger partial charge on any atom is 0.236 e. The number of ether oxygens (including phenoxy) is 1. The number of carbonyl (C=O) groups is 1. The van der Waals surface area contributed by atoms with Crippen LogP contribution in [0.5, 0.6) is 0 Å². The number of likely N-dealkylation sites (tertiary alicyclic amines) is 1. The summed E-state index contributed by atoms with van der Waals surface area (Å²) >= 11 is 0. The molecule has 0 radical (unpaired) electrons. The maximum absolute atomic E-state index is 11.8. The average Bonchev–Trinajstić information content (AvgIpc) is 2.23. The van der Waals surface area contributed by atoms with Crippen molar-refractivity contribution in [1.29, 1.82) is 0 Å². The molecule has 5 nitrogen and oxygen atoms in total. The van der Waals surface area contributed by atoms with Crippen molar-refractivity contribution in [3.63, 3.8) is 0 Å². The Kier molecular flexibility index (Phi) is 3.56. The lowest BCUT2D eigenvalue weighted by Crippen LogP contribution is -2.53. The molecule has 2 saturated heterocycles. The molecular weight excluding hydrogens is 196 g/mol. The van der Waals surface area contributed by atoms with Crippen molar-refractivity contribution < 1.29 is 14.6 Å². The van der Waals surface area contributed by atoms with Crippen molar-refractivity contribution in [2.75, 3.05) is 52.5 Å². The van der Waals surface area contributed by atoms with Gasteiger partial charge in [0, 0.05) is 38.7 Å². The monoisotopic (exact) mass is 214 g/mol. The van der Waals surface area contributed by atoms with Gasteiger partial charge in [0.2, 0.25) is 5.91 Å². The lowest BCUT2D eigenvalue weighted by molar-refractivity contribution is -0.138. The van der Waals surface area contributed by atoms with Crippen LogP contribution in [-0.4, -0.2) is 73.4 Å². The van der Waals surface area contributed by atoms with Crippen molar-refractivity contribution in [3.8, 4) is 0 Å². The van der Waals surface area contributed by atoms with E-state index in [-0.39, 0.29) is 12.5 Å². The largest absolute Gasteiger partial charge is 0.396 e. The zero-order chi connectivity index (χ0) is 10.7. The van der Waals surface area contributed by atoms with Crippen LogP contribution in [0.4, 0.5) is 0 Å². The summed E-state index contributed by atoms with van der Waals surface area (Å²) in [5, 5.41) is 8.85. The number of hydrogen-bond acceptors (Lipinski definition) is 4. The summed E-state index contributed by atoms with van der Waals surface area (Å²) in [7, 11) is 0. The van der Waals surface area contributed by atoms with Crippen LogP contribution < -0.4 is 0 Å². The van der Waals surface area contributed by atoms with Gasteiger partial charge in [-0.25, -0.2) is 0 Å². The van der Waals surface area contributed by atoms with Gasteiger partial charge in [-0.1, -0.05) is 0 Å². The van der Waals surface area contributed by atoms with Crippen molar-refractivity contribution in [1.82, 2.24) is 9.80 Å².